The minimum atomic E-state index is -0.171. The molecule has 0 saturated carbocycles. The van der Waals surface area contributed by atoms with Crippen LogP contribution in [0.25, 0.3) is 0 Å². The summed E-state index contributed by atoms with van der Waals surface area (Å²) in [5, 5.41) is 3.91. The topological polar surface area (TPSA) is 41.5 Å². The predicted molar refractivity (Wildman–Crippen MR) is 70.6 cm³/mol. The second-order valence-electron chi connectivity index (χ2n) is 3.52. The van der Waals surface area contributed by atoms with Crippen LogP contribution in [0.15, 0.2) is 47.6 Å². The van der Waals surface area contributed by atoms with E-state index < -0.39 is 0 Å². The standard InChI is InChI=1S/C13H12N2OS/c1-10-7-8-12(17-10)13(16)15-14-9-11-5-3-2-4-6-11/h2-9H,1H3,(H,15,16)/b14-9-. The molecule has 17 heavy (non-hydrogen) atoms. The van der Waals surface area contributed by atoms with Crippen molar-refractivity contribution in [1.29, 1.82) is 0 Å². The first-order valence-electron chi connectivity index (χ1n) is 5.20. The van der Waals surface area contributed by atoms with E-state index in [2.05, 4.69) is 10.5 Å². The van der Waals surface area contributed by atoms with Gasteiger partial charge in [-0.3, -0.25) is 4.79 Å². The van der Waals surface area contributed by atoms with Crippen LogP contribution in [0, 0.1) is 6.92 Å². The normalized spacial score (nSPS) is 10.6. The van der Waals surface area contributed by atoms with E-state index in [1.54, 1.807) is 12.3 Å². The monoisotopic (exact) mass is 244 g/mol. The van der Waals surface area contributed by atoms with Crippen LogP contribution in [0.2, 0.25) is 0 Å². The molecule has 1 heterocycles. The molecule has 1 aromatic carbocycles. The zero-order valence-electron chi connectivity index (χ0n) is 9.38. The summed E-state index contributed by atoms with van der Waals surface area (Å²) in [4.78, 5) is 13.4. The summed E-state index contributed by atoms with van der Waals surface area (Å²) in [6, 6.07) is 13.3. The van der Waals surface area contributed by atoms with Crippen LogP contribution < -0.4 is 5.43 Å². The quantitative estimate of drug-likeness (QED) is 0.654. The molecule has 0 unspecified atom stereocenters. The third kappa shape index (κ3) is 3.26. The van der Waals surface area contributed by atoms with Crippen LogP contribution in [0.3, 0.4) is 0 Å². The third-order valence-corrected chi connectivity index (χ3v) is 3.14. The highest BCUT2D eigenvalue weighted by molar-refractivity contribution is 7.13. The van der Waals surface area contributed by atoms with Gasteiger partial charge in [0, 0.05) is 4.88 Å². The Labute approximate surface area is 104 Å². The average molecular weight is 244 g/mol. The van der Waals surface area contributed by atoms with Gasteiger partial charge in [-0.2, -0.15) is 5.10 Å². The lowest BCUT2D eigenvalue weighted by molar-refractivity contribution is 0.0959. The summed E-state index contributed by atoms with van der Waals surface area (Å²) in [5.74, 6) is -0.171. The highest BCUT2D eigenvalue weighted by Gasteiger charge is 2.05. The molecule has 86 valence electrons. The van der Waals surface area contributed by atoms with Crippen LogP contribution in [-0.2, 0) is 0 Å². The molecule has 0 saturated heterocycles. The van der Waals surface area contributed by atoms with Crippen molar-refractivity contribution in [3.63, 3.8) is 0 Å². The zero-order chi connectivity index (χ0) is 12.1. The minimum Gasteiger partial charge on any atom is -0.266 e. The maximum atomic E-state index is 11.6. The molecular weight excluding hydrogens is 232 g/mol. The molecule has 0 aliphatic heterocycles. The van der Waals surface area contributed by atoms with Gasteiger partial charge in [0.1, 0.15) is 0 Å². The minimum absolute atomic E-state index is 0.171. The van der Waals surface area contributed by atoms with Crippen molar-refractivity contribution in [2.75, 3.05) is 0 Å². The molecule has 4 heteroatoms. The summed E-state index contributed by atoms with van der Waals surface area (Å²) in [7, 11) is 0. The maximum absolute atomic E-state index is 11.6. The molecule has 0 bridgehead atoms. The van der Waals surface area contributed by atoms with Crippen molar-refractivity contribution in [3.8, 4) is 0 Å². The van der Waals surface area contributed by atoms with Gasteiger partial charge in [-0.25, -0.2) is 5.43 Å². The number of amides is 1. The first-order chi connectivity index (χ1) is 8.25. The van der Waals surface area contributed by atoms with Gasteiger partial charge in [0.05, 0.1) is 11.1 Å². The van der Waals surface area contributed by atoms with Crippen LogP contribution in [0.4, 0.5) is 0 Å². The van der Waals surface area contributed by atoms with Gasteiger partial charge in [-0.1, -0.05) is 30.3 Å². The molecule has 3 nitrogen and oxygen atoms in total. The van der Waals surface area contributed by atoms with Gasteiger partial charge < -0.3 is 0 Å². The molecule has 0 atom stereocenters. The third-order valence-electron chi connectivity index (χ3n) is 2.14. The van der Waals surface area contributed by atoms with Gasteiger partial charge >= 0.3 is 0 Å². The molecule has 2 aromatic rings. The number of aryl methyl sites for hydroxylation is 1. The van der Waals surface area contributed by atoms with Crippen LogP contribution in [0.5, 0.6) is 0 Å². The Morgan fingerprint density at radius 1 is 1.24 bits per heavy atom. The second-order valence-corrected chi connectivity index (χ2v) is 4.81. The van der Waals surface area contributed by atoms with E-state index >= 15 is 0 Å². The van der Waals surface area contributed by atoms with Crippen LogP contribution in [-0.4, -0.2) is 12.1 Å². The second kappa shape index (κ2) is 5.41. The highest BCUT2D eigenvalue weighted by atomic mass is 32.1. The van der Waals surface area contributed by atoms with Crippen LogP contribution >= 0.6 is 11.3 Å². The number of hydrogen-bond donors (Lipinski definition) is 1. The molecule has 0 radical (unpaired) electrons. The van der Waals surface area contributed by atoms with Gasteiger partial charge in [-0.15, -0.1) is 11.3 Å². The zero-order valence-corrected chi connectivity index (χ0v) is 10.2. The Bertz CT molecular complexity index is 531. The molecule has 0 aliphatic carbocycles. The van der Waals surface area contributed by atoms with E-state index in [0.29, 0.717) is 4.88 Å². The van der Waals surface area contributed by atoms with E-state index in [-0.39, 0.29) is 5.91 Å². The van der Waals surface area contributed by atoms with Crippen molar-refractivity contribution in [2.24, 2.45) is 5.10 Å². The summed E-state index contributed by atoms with van der Waals surface area (Å²) in [5.41, 5.74) is 3.46. The number of carbonyl (C=O) groups is 1. The lowest BCUT2D eigenvalue weighted by atomic mass is 10.2. The summed E-state index contributed by atoms with van der Waals surface area (Å²) in [6.45, 7) is 1.97. The van der Waals surface area contributed by atoms with Crippen molar-refractivity contribution in [2.45, 2.75) is 6.92 Å². The van der Waals surface area contributed by atoms with E-state index in [1.807, 2.05) is 43.3 Å². The maximum Gasteiger partial charge on any atom is 0.281 e. The lowest BCUT2D eigenvalue weighted by Crippen LogP contribution is -2.16. The van der Waals surface area contributed by atoms with Gasteiger partial charge in [0.25, 0.3) is 5.91 Å². The Morgan fingerprint density at radius 2 is 2.00 bits per heavy atom. The van der Waals surface area contributed by atoms with E-state index in [4.69, 9.17) is 0 Å². The fourth-order valence-electron chi connectivity index (χ4n) is 1.32. The first-order valence-corrected chi connectivity index (χ1v) is 6.02. The largest absolute Gasteiger partial charge is 0.281 e. The number of thiophene rings is 1. The van der Waals surface area contributed by atoms with Crippen molar-refractivity contribution in [1.82, 2.24) is 5.43 Å². The average Bonchev–Trinajstić information content (AvgIpc) is 2.77. The number of hydrogen-bond acceptors (Lipinski definition) is 3. The molecule has 1 amide bonds. The van der Waals surface area contributed by atoms with Crippen molar-refractivity contribution < 1.29 is 4.79 Å². The number of nitrogens with zero attached hydrogens (tertiary/aromatic N) is 1. The van der Waals surface area contributed by atoms with Crippen LogP contribution in [0.1, 0.15) is 20.1 Å². The Hall–Kier alpha value is -1.94. The van der Waals surface area contributed by atoms with Gasteiger partial charge in [-0.05, 0) is 24.6 Å². The number of carbonyl (C=O) groups excluding carboxylic acids is 1. The Morgan fingerprint density at radius 3 is 2.65 bits per heavy atom. The first kappa shape index (κ1) is 11.5. The Balaban J connectivity index is 1.95. The molecule has 1 aromatic heterocycles. The molecule has 0 spiro atoms. The fourth-order valence-corrected chi connectivity index (χ4v) is 2.07. The van der Waals surface area contributed by atoms with E-state index in [1.165, 1.54) is 11.3 Å². The Kier molecular flexibility index (Phi) is 3.67. The number of rotatable bonds is 3. The van der Waals surface area contributed by atoms with Gasteiger partial charge in [0.15, 0.2) is 0 Å². The van der Waals surface area contributed by atoms with E-state index in [9.17, 15) is 4.79 Å². The highest BCUT2D eigenvalue weighted by Crippen LogP contribution is 2.14. The fraction of sp³-hybridized carbons (Fsp3) is 0.0769. The number of hydrazone groups is 1. The summed E-state index contributed by atoms with van der Waals surface area (Å²) < 4.78 is 0. The summed E-state index contributed by atoms with van der Waals surface area (Å²) >= 11 is 1.46. The van der Waals surface area contributed by atoms with E-state index in [0.717, 1.165) is 10.4 Å². The molecule has 1 N–H and O–H groups in total. The number of benzene rings is 1. The SMILES string of the molecule is Cc1ccc(C(=O)N/N=C\c2ccccc2)s1. The molecule has 0 fully saturated rings. The van der Waals surface area contributed by atoms with Gasteiger partial charge in [0.2, 0.25) is 0 Å². The number of nitrogens with one attached hydrogen (secondary N) is 1. The molecular formula is C13H12N2OS. The van der Waals surface area contributed by atoms with Crippen molar-refractivity contribution in [3.05, 3.63) is 57.8 Å². The molecule has 2 rings (SSSR count). The predicted octanol–water partition coefficient (Wildman–Crippen LogP) is 2.82. The lowest BCUT2D eigenvalue weighted by Gasteiger charge is -1.95. The smallest absolute Gasteiger partial charge is 0.266 e. The molecule has 0 aliphatic rings. The van der Waals surface area contributed by atoms with Crippen molar-refractivity contribution >= 4 is 23.5 Å². The summed E-state index contributed by atoms with van der Waals surface area (Å²) in [6.07, 6.45) is 1.62.